The summed E-state index contributed by atoms with van der Waals surface area (Å²) in [5, 5.41) is 0.182. The minimum absolute atomic E-state index is 0.182. The highest BCUT2D eigenvalue weighted by Gasteiger charge is 2.17. The van der Waals surface area contributed by atoms with Gasteiger partial charge in [-0.2, -0.15) is 0 Å². The van der Waals surface area contributed by atoms with Gasteiger partial charge in [0.05, 0.1) is 18.1 Å². The Hall–Kier alpha value is -1.84. The maximum absolute atomic E-state index is 13.5. The van der Waals surface area contributed by atoms with Gasteiger partial charge in [-0.1, -0.05) is 0 Å². The van der Waals surface area contributed by atoms with Gasteiger partial charge in [0.1, 0.15) is 11.6 Å². The third kappa shape index (κ3) is 1.29. The summed E-state index contributed by atoms with van der Waals surface area (Å²) < 4.78 is 23.8. The fraction of sp³-hybridized carbons (Fsp3) is 0.182. The predicted molar refractivity (Wildman–Crippen MR) is 52.8 cm³/mol. The van der Waals surface area contributed by atoms with E-state index in [1.165, 1.54) is 19.2 Å². The zero-order chi connectivity index (χ0) is 11.0. The number of fused-ring (bicyclic) bond motifs is 1. The van der Waals surface area contributed by atoms with Crippen LogP contribution in [0.15, 0.2) is 16.5 Å². The standard InChI is InChI=1S/C11H9FO3/c1-6-7(5-13)10-8(12)3-4-9(14-2)11(10)15-6/h3-5H,1-2H3. The Morgan fingerprint density at radius 3 is 2.80 bits per heavy atom. The molecule has 0 N–H and O–H groups in total. The van der Waals surface area contributed by atoms with Crippen LogP contribution in [0.25, 0.3) is 11.0 Å². The van der Waals surface area contributed by atoms with Crippen molar-refractivity contribution in [2.75, 3.05) is 7.11 Å². The Labute approximate surface area is 85.4 Å². The second kappa shape index (κ2) is 3.38. The lowest BCUT2D eigenvalue weighted by atomic mass is 10.1. The zero-order valence-corrected chi connectivity index (χ0v) is 8.33. The highest BCUT2D eigenvalue weighted by atomic mass is 19.1. The number of methoxy groups -OCH3 is 1. The molecule has 0 saturated heterocycles. The van der Waals surface area contributed by atoms with Crippen LogP contribution >= 0.6 is 0 Å². The first-order valence-electron chi connectivity index (χ1n) is 4.39. The summed E-state index contributed by atoms with van der Waals surface area (Å²) in [6.45, 7) is 1.61. The number of rotatable bonds is 2. The van der Waals surface area contributed by atoms with Crippen molar-refractivity contribution in [3.05, 3.63) is 29.3 Å². The monoisotopic (exact) mass is 208 g/mol. The van der Waals surface area contributed by atoms with Crippen molar-refractivity contribution in [3.8, 4) is 5.75 Å². The van der Waals surface area contributed by atoms with E-state index >= 15 is 0 Å². The molecule has 0 bridgehead atoms. The van der Waals surface area contributed by atoms with Crippen molar-refractivity contribution in [2.45, 2.75) is 6.92 Å². The molecule has 1 aromatic heterocycles. The van der Waals surface area contributed by atoms with E-state index in [9.17, 15) is 9.18 Å². The van der Waals surface area contributed by atoms with Gasteiger partial charge < -0.3 is 9.15 Å². The fourth-order valence-electron chi connectivity index (χ4n) is 1.58. The summed E-state index contributed by atoms with van der Waals surface area (Å²) in [6.07, 6.45) is 0.587. The number of furan rings is 1. The minimum Gasteiger partial charge on any atom is -0.493 e. The Kier molecular flexibility index (Phi) is 2.19. The summed E-state index contributed by atoms with van der Waals surface area (Å²) >= 11 is 0. The van der Waals surface area contributed by atoms with Crippen LogP contribution in [-0.2, 0) is 0 Å². The Bertz CT molecular complexity index is 528. The van der Waals surface area contributed by atoms with E-state index in [2.05, 4.69) is 0 Å². The number of ether oxygens (including phenoxy) is 1. The molecule has 0 spiro atoms. The van der Waals surface area contributed by atoms with Gasteiger partial charge in [0.2, 0.25) is 0 Å². The van der Waals surface area contributed by atoms with Crippen molar-refractivity contribution < 1.29 is 18.3 Å². The van der Waals surface area contributed by atoms with Gasteiger partial charge in [0, 0.05) is 0 Å². The molecule has 3 nitrogen and oxygen atoms in total. The maximum atomic E-state index is 13.5. The molecule has 0 aliphatic rings. The van der Waals surface area contributed by atoms with Gasteiger partial charge in [0.15, 0.2) is 17.6 Å². The molecule has 4 heteroatoms. The first-order chi connectivity index (χ1) is 7.19. The molecule has 2 aromatic rings. The van der Waals surface area contributed by atoms with Crippen LogP contribution in [0, 0.1) is 12.7 Å². The van der Waals surface area contributed by atoms with Gasteiger partial charge >= 0.3 is 0 Å². The average Bonchev–Trinajstić information content (AvgIpc) is 2.56. The van der Waals surface area contributed by atoms with Crippen LogP contribution in [0.2, 0.25) is 0 Å². The zero-order valence-electron chi connectivity index (χ0n) is 8.33. The molecule has 0 fully saturated rings. The average molecular weight is 208 g/mol. The van der Waals surface area contributed by atoms with Crippen molar-refractivity contribution in [1.82, 2.24) is 0 Å². The van der Waals surface area contributed by atoms with E-state index in [4.69, 9.17) is 9.15 Å². The normalized spacial score (nSPS) is 10.6. The molecule has 0 unspecified atom stereocenters. The van der Waals surface area contributed by atoms with Gasteiger partial charge in [-0.15, -0.1) is 0 Å². The Morgan fingerprint density at radius 1 is 1.47 bits per heavy atom. The van der Waals surface area contributed by atoms with Crippen LogP contribution < -0.4 is 4.74 Å². The third-order valence-corrected chi connectivity index (χ3v) is 2.31. The second-order valence-corrected chi connectivity index (χ2v) is 3.14. The van der Waals surface area contributed by atoms with Crippen LogP contribution in [0.1, 0.15) is 16.1 Å². The van der Waals surface area contributed by atoms with Crippen LogP contribution in [0.5, 0.6) is 5.75 Å². The maximum Gasteiger partial charge on any atom is 0.179 e. The summed E-state index contributed by atoms with van der Waals surface area (Å²) in [6, 6.07) is 2.72. The number of aldehydes is 1. The molecule has 15 heavy (non-hydrogen) atoms. The molecule has 0 atom stereocenters. The lowest BCUT2D eigenvalue weighted by Gasteiger charge is -2.00. The molecule has 0 amide bonds. The fourth-order valence-corrected chi connectivity index (χ4v) is 1.58. The summed E-state index contributed by atoms with van der Waals surface area (Å²) in [7, 11) is 1.46. The van der Waals surface area contributed by atoms with Crippen molar-refractivity contribution >= 4 is 17.3 Å². The Balaban J connectivity index is 2.93. The molecule has 78 valence electrons. The number of carbonyl (C=O) groups excluding carboxylic acids is 1. The molecule has 0 saturated carbocycles. The molecule has 0 aliphatic carbocycles. The van der Waals surface area contributed by atoms with Crippen LogP contribution in [0.3, 0.4) is 0 Å². The van der Waals surface area contributed by atoms with Gasteiger partial charge in [-0.3, -0.25) is 4.79 Å². The molecular formula is C11H9FO3. The molecule has 0 aliphatic heterocycles. The largest absolute Gasteiger partial charge is 0.493 e. The summed E-state index contributed by atoms with van der Waals surface area (Å²) in [4.78, 5) is 10.8. The number of hydrogen-bond acceptors (Lipinski definition) is 3. The van der Waals surface area contributed by atoms with E-state index in [-0.39, 0.29) is 16.5 Å². The first kappa shape index (κ1) is 9.71. The van der Waals surface area contributed by atoms with E-state index < -0.39 is 5.82 Å². The molecule has 2 rings (SSSR count). The van der Waals surface area contributed by atoms with Crippen LogP contribution in [0.4, 0.5) is 4.39 Å². The lowest BCUT2D eigenvalue weighted by molar-refractivity contribution is 0.112. The van der Waals surface area contributed by atoms with E-state index in [1.807, 2.05) is 0 Å². The number of aryl methyl sites for hydroxylation is 1. The van der Waals surface area contributed by atoms with E-state index in [1.54, 1.807) is 6.92 Å². The third-order valence-electron chi connectivity index (χ3n) is 2.31. The first-order valence-corrected chi connectivity index (χ1v) is 4.39. The predicted octanol–water partition coefficient (Wildman–Crippen LogP) is 2.70. The van der Waals surface area contributed by atoms with E-state index in [0.29, 0.717) is 17.8 Å². The smallest absolute Gasteiger partial charge is 0.179 e. The molecule has 1 heterocycles. The van der Waals surface area contributed by atoms with E-state index in [0.717, 1.165) is 0 Å². The highest BCUT2D eigenvalue weighted by Crippen LogP contribution is 2.33. The van der Waals surface area contributed by atoms with Crippen LogP contribution in [-0.4, -0.2) is 13.4 Å². The number of halogens is 1. The van der Waals surface area contributed by atoms with Gasteiger partial charge in [-0.05, 0) is 19.1 Å². The molecule has 1 aromatic carbocycles. The SMILES string of the molecule is COc1ccc(F)c2c(C=O)c(C)oc12. The topological polar surface area (TPSA) is 39.4 Å². The number of benzene rings is 1. The summed E-state index contributed by atoms with van der Waals surface area (Å²) in [5.41, 5.74) is 0.513. The summed E-state index contributed by atoms with van der Waals surface area (Å²) in [5.74, 6) is 0.329. The van der Waals surface area contributed by atoms with Crippen molar-refractivity contribution in [1.29, 1.82) is 0 Å². The van der Waals surface area contributed by atoms with Crippen molar-refractivity contribution in [2.24, 2.45) is 0 Å². The van der Waals surface area contributed by atoms with Gasteiger partial charge in [-0.25, -0.2) is 4.39 Å². The quantitative estimate of drug-likeness (QED) is 0.712. The second-order valence-electron chi connectivity index (χ2n) is 3.14. The Morgan fingerprint density at radius 2 is 2.20 bits per heavy atom. The lowest BCUT2D eigenvalue weighted by Crippen LogP contribution is -1.87. The minimum atomic E-state index is -0.482. The van der Waals surface area contributed by atoms with Crippen molar-refractivity contribution in [3.63, 3.8) is 0 Å². The van der Waals surface area contributed by atoms with Gasteiger partial charge in [0.25, 0.3) is 0 Å². The molecular weight excluding hydrogens is 199 g/mol. The molecule has 0 radical (unpaired) electrons. The highest BCUT2D eigenvalue weighted by molar-refractivity contribution is 5.99. The number of hydrogen-bond donors (Lipinski definition) is 0. The number of carbonyl (C=O) groups is 1.